The van der Waals surface area contributed by atoms with Gasteiger partial charge >= 0.3 is 0 Å². The molecule has 2 N–H and O–H groups in total. The van der Waals surface area contributed by atoms with Gasteiger partial charge in [0.05, 0.1) is 5.02 Å². The van der Waals surface area contributed by atoms with Crippen LogP contribution >= 0.6 is 11.6 Å². The molecule has 1 atom stereocenters. The Balaban J connectivity index is 2.51. The van der Waals surface area contributed by atoms with Crippen molar-refractivity contribution in [3.8, 4) is 0 Å². The van der Waals surface area contributed by atoms with E-state index in [1.807, 2.05) is 7.05 Å². The largest absolute Gasteiger partial charge is 0.329 e. The van der Waals surface area contributed by atoms with Crippen molar-refractivity contribution >= 4 is 11.6 Å². The molecule has 0 aliphatic rings. The minimum atomic E-state index is -0.367. The molecule has 0 bridgehead atoms. The molecule has 1 rings (SSSR count). The maximum Gasteiger partial charge on any atom is 0.141 e. The van der Waals surface area contributed by atoms with Gasteiger partial charge in [-0.05, 0) is 38.1 Å². The molecule has 4 heteroatoms. The zero-order chi connectivity index (χ0) is 12.1. The lowest BCUT2D eigenvalue weighted by molar-refractivity contribution is 0.266. The van der Waals surface area contributed by atoms with E-state index in [-0.39, 0.29) is 10.8 Å². The van der Waals surface area contributed by atoms with Crippen molar-refractivity contribution in [3.05, 3.63) is 34.6 Å². The maximum atomic E-state index is 12.9. The van der Waals surface area contributed by atoms with Crippen molar-refractivity contribution < 1.29 is 4.39 Å². The van der Waals surface area contributed by atoms with Crippen LogP contribution in [0.1, 0.15) is 12.5 Å². The van der Waals surface area contributed by atoms with Crippen LogP contribution < -0.4 is 5.73 Å². The minimum absolute atomic E-state index is 0.187. The van der Waals surface area contributed by atoms with Gasteiger partial charge in [-0.15, -0.1) is 0 Å². The first kappa shape index (κ1) is 13.4. The number of nitrogens with zero attached hydrogens (tertiary/aromatic N) is 1. The second-order valence-corrected chi connectivity index (χ2v) is 4.47. The third-order valence-corrected chi connectivity index (χ3v) is 3.12. The zero-order valence-electron chi connectivity index (χ0n) is 9.71. The van der Waals surface area contributed by atoms with Crippen molar-refractivity contribution in [3.63, 3.8) is 0 Å². The van der Waals surface area contributed by atoms with Gasteiger partial charge in [0, 0.05) is 19.1 Å². The normalized spacial score (nSPS) is 13.1. The van der Waals surface area contributed by atoms with Gasteiger partial charge in [0.15, 0.2) is 0 Å². The van der Waals surface area contributed by atoms with Crippen molar-refractivity contribution in [1.29, 1.82) is 0 Å². The van der Waals surface area contributed by atoms with Gasteiger partial charge in [-0.1, -0.05) is 17.7 Å². The lowest BCUT2D eigenvalue weighted by Gasteiger charge is -2.23. The van der Waals surface area contributed by atoms with Gasteiger partial charge in [0.25, 0.3) is 0 Å². The molecule has 0 spiro atoms. The lowest BCUT2D eigenvalue weighted by atomic mass is 10.1. The van der Waals surface area contributed by atoms with Crippen LogP contribution in [-0.2, 0) is 6.42 Å². The third kappa shape index (κ3) is 3.74. The highest BCUT2D eigenvalue weighted by Crippen LogP contribution is 2.16. The van der Waals surface area contributed by atoms with Gasteiger partial charge in [-0.2, -0.15) is 0 Å². The van der Waals surface area contributed by atoms with Gasteiger partial charge in [0.2, 0.25) is 0 Å². The summed E-state index contributed by atoms with van der Waals surface area (Å²) >= 11 is 5.71. The van der Waals surface area contributed by atoms with Crippen molar-refractivity contribution in [2.24, 2.45) is 5.73 Å². The van der Waals surface area contributed by atoms with Crippen molar-refractivity contribution in [2.45, 2.75) is 19.4 Å². The van der Waals surface area contributed by atoms with E-state index in [9.17, 15) is 4.39 Å². The molecule has 2 nitrogen and oxygen atoms in total. The Kier molecular flexibility index (Phi) is 5.19. The standard InChI is InChI=1S/C12H18ClFN2/c1-9(8-15)16(2)6-5-10-3-4-12(14)11(13)7-10/h3-4,7,9H,5-6,8,15H2,1-2H3. The molecule has 0 saturated heterocycles. The topological polar surface area (TPSA) is 29.3 Å². The van der Waals surface area contributed by atoms with E-state index in [0.29, 0.717) is 12.6 Å². The molecule has 1 aromatic carbocycles. The molecule has 0 heterocycles. The molecule has 0 fully saturated rings. The van der Waals surface area contributed by atoms with Crippen LogP contribution in [0.3, 0.4) is 0 Å². The molecule has 0 aliphatic heterocycles. The Morgan fingerprint density at radius 2 is 2.19 bits per heavy atom. The Morgan fingerprint density at radius 3 is 2.75 bits per heavy atom. The van der Waals surface area contributed by atoms with Crippen LogP contribution in [0.4, 0.5) is 4.39 Å². The summed E-state index contributed by atoms with van der Waals surface area (Å²) in [7, 11) is 2.03. The van der Waals surface area contributed by atoms with Gasteiger partial charge in [-0.3, -0.25) is 0 Å². The molecule has 90 valence electrons. The van der Waals surface area contributed by atoms with E-state index in [1.54, 1.807) is 12.1 Å². The average molecular weight is 245 g/mol. The smallest absolute Gasteiger partial charge is 0.141 e. The maximum absolute atomic E-state index is 12.9. The average Bonchev–Trinajstić information content (AvgIpc) is 2.29. The summed E-state index contributed by atoms with van der Waals surface area (Å²) in [6, 6.07) is 5.21. The molecule has 0 radical (unpaired) electrons. The Bertz CT molecular complexity index is 344. The van der Waals surface area contributed by atoms with Gasteiger partial charge in [0.1, 0.15) is 5.82 Å². The first-order valence-electron chi connectivity index (χ1n) is 5.39. The number of hydrogen-bond donors (Lipinski definition) is 1. The van der Waals surface area contributed by atoms with Crippen LogP contribution in [-0.4, -0.2) is 31.1 Å². The first-order chi connectivity index (χ1) is 7.54. The second-order valence-electron chi connectivity index (χ2n) is 4.06. The molecular weight excluding hydrogens is 227 g/mol. The van der Waals surface area contributed by atoms with E-state index in [2.05, 4.69) is 11.8 Å². The SMILES string of the molecule is CC(CN)N(C)CCc1ccc(F)c(Cl)c1. The monoisotopic (exact) mass is 244 g/mol. The summed E-state index contributed by atoms with van der Waals surface area (Å²) in [5.41, 5.74) is 6.62. The summed E-state index contributed by atoms with van der Waals surface area (Å²) < 4.78 is 12.9. The Hall–Kier alpha value is -0.640. The molecule has 1 aromatic rings. The van der Waals surface area contributed by atoms with Crippen LogP contribution in [0.25, 0.3) is 0 Å². The van der Waals surface area contributed by atoms with E-state index in [0.717, 1.165) is 18.5 Å². The fourth-order valence-corrected chi connectivity index (χ4v) is 1.60. The van der Waals surface area contributed by atoms with E-state index >= 15 is 0 Å². The molecule has 0 amide bonds. The van der Waals surface area contributed by atoms with Crippen LogP contribution in [0.5, 0.6) is 0 Å². The molecule has 0 saturated carbocycles. The molecular formula is C12H18ClFN2. The molecule has 1 unspecified atom stereocenters. The summed E-state index contributed by atoms with van der Waals surface area (Å²) in [6.45, 7) is 3.61. The van der Waals surface area contributed by atoms with Gasteiger partial charge < -0.3 is 10.6 Å². The highest BCUT2D eigenvalue weighted by atomic mass is 35.5. The summed E-state index contributed by atoms with van der Waals surface area (Å²) in [4.78, 5) is 2.18. The summed E-state index contributed by atoms with van der Waals surface area (Å²) in [6.07, 6.45) is 0.848. The quantitative estimate of drug-likeness (QED) is 0.861. The van der Waals surface area contributed by atoms with Crippen molar-refractivity contribution in [2.75, 3.05) is 20.1 Å². The van der Waals surface area contributed by atoms with Crippen LogP contribution in [0.15, 0.2) is 18.2 Å². The number of halogens is 2. The number of rotatable bonds is 5. The van der Waals surface area contributed by atoms with E-state index in [4.69, 9.17) is 17.3 Å². The lowest BCUT2D eigenvalue weighted by Crippen LogP contribution is -2.36. The van der Waals surface area contributed by atoms with Crippen molar-refractivity contribution in [1.82, 2.24) is 4.90 Å². The van der Waals surface area contributed by atoms with Gasteiger partial charge in [-0.25, -0.2) is 4.39 Å². The molecule has 0 aromatic heterocycles. The predicted octanol–water partition coefficient (Wildman–Crippen LogP) is 2.30. The Morgan fingerprint density at radius 1 is 1.50 bits per heavy atom. The van der Waals surface area contributed by atoms with E-state index in [1.165, 1.54) is 6.07 Å². The van der Waals surface area contributed by atoms with Crippen LogP contribution in [0.2, 0.25) is 5.02 Å². The fraction of sp³-hybridized carbons (Fsp3) is 0.500. The molecule has 16 heavy (non-hydrogen) atoms. The number of nitrogens with two attached hydrogens (primary N) is 1. The highest BCUT2D eigenvalue weighted by Gasteiger charge is 2.07. The third-order valence-electron chi connectivity index (χ3n) is 2.83. The first-order valence-corrected chi connectivity index (χ1v) is 5.76. The molecule has 0 aliphatic carbocycles. The minimum Gasteiger partial charge on any atom is -0.329 e. The van der Waals surface area contributed by atoms with E-state index < -0.39 is 0 Å². The second kappa shape index (κ2) is 6.18. The zero-order valence-corrected chi connectivity index (χ0v) is 10.5. The van der Waals surface area contributed by atoms with Crippen LogP contribution in [0, 0.1) is 5.82 Å². The fourth-order valence-electron chi connectivity index (χ4n) is 1.40. The summed E-state index contributed by atoms with van der Waals surface area (Å²) in [5, 5.41) is 0.187. The Labute approximate surface area is 101 Å². The highest BCUT2D eigenvalue weighted by molar-refractivity contribution is 6.30. The number of hydrogen-bond acceptors (Lipinski definition) is 2. The number of benzene rings is 1. The predicted molar refractivity (Wildman–Crippen MR) is 66.3 cm³/mol. The summed E-state index contributed by atoms with van der Waals surface area (Å²) in [5.74, 6) is -0.367. The number of likely N-dealkylation sites (N-methyl/N-ethyl adjacent to an activating group) is 1.